The van der Waals surface area contributed by atoms with Crippen molar-refractivity contribution < 1.29 is 19.3 Å². The van der Waals surface area contributed by atoms with Gasteiger partial charge in [0.05, 0.1) is 20.8 Å². The van der Waals surface area contributed by atoms with Crippen molar-refractivity contribution in [2.75, 3.05) is 20.8 Å². The molecule has 0 fully saturated rings. The molecule has 0 spiro atoms. The number of fused-ring (bicyclic) bond motifs is 1. The van der Waals surface area contributed by atoms with Gasteiger partial charge >= 0.3 is 0 Å². The van der Waals surface area contributed by atoms with Crippen molar-refractivity contribution in [3.8, 4) is 23.0 Å². The molecular weight excluding hydrogens is 268 g/mol. The van der Waals surface area contributed by atoms with E-state index in [9.17, 15) is 5.11 Å². The summed E-state index contributed by atoms with van der Waals surface area (Å²) in [5, 5.41) is 9.38. The van der Waals surface area contributed by atoms with E-state index in [-0.39, 0.29) is 11.7 Å². The van der Waals surface area contributed by atoms with E-state index in [1.807, 2.05) is 24.3 Å². The number of methoxy groups -OCH3 is 2. The lowest BCUT2D eigenvalue weighted by molar-refractivity contribution is 0.242. The summed E-state index contributed by atoms with van der Waals surface area (Å²) in [6.45, 7) is 0.585. The highest BCUT2D eigenvalue weighted by Crippen LogP contribution is 2.44. The standard InChI is InChI=1S/C17H18O4/c1-19-15-8-5-12-9-13(10-21-16(12)17(15)20-2)11-3-6-14(18)7-4-11/h3-8,13,18H,9-10H2,1-2H3/t13-/m0/s1. The Labute approximate surface area is 123 Å². The lowest BCUT2D eigenvalue weighted by Crippen LogP contribution is -2.19. The van der Waals surface area contributed by atoms with Gasteiger partial charge in [-0.1, -0.05) is 18.2 Å². The predicted octanol–water partition coefficient (Wildman–Crippen LogP) is 3.13. The molecule has 21 heavy (non-hydrogen) atoms. The largest absolute Gasteiger partial charge is 0.508 e. The minimum Gasteiger partial charge on any atom is -0.508 e. The van der Waals surface area contributed by atoms with Crippen molar-refractivity contribution in [3.05, 3.63) is 47.5 Å². The highest BCUT2D eigenvalue weighted by molar-refractivity contribution is 5.57. The van der Waals surface area contributed by atoms with Gasteiger partial charge in [0, 0.05) is 5.92 Å². The molecule has 0 bridgehead atoms. The van der Waals surface area contributed by atoms with Gasteiger partial charge in [-0.2, -0.15) is 0 Å². The van der Waals surface area contributed by atoms with Gasteiger partial charge in [-0.25, -0.2) is 0 Å². The van der Waals surface area contributed by atoms with Gasteiger partial charge in [0.15, 0.2) is 11.5 Å². The molecule has 2 aromatic rings. The van der Waals surface area contributed by atoms with Crippen molar-refractivity contribution >= 4 is 0 Å². The molecule has 1 aliphatic rings. The molecule has 0 saturated carbocycles. The number of rotatable bonds is 3. The summed E-state index contributed by atoms with van der Waals surface area (Å²) in [4.78, 5) is 0. The SMILES string of the molecule is COc1ccc2c(c1OC)OC[C@@H](c1ccc(O)cc1)C2. The maximum absolute atomic E-state index is 9.38. The van der Waals surface area contributed by atoms with Crippen LogP contribution in [0, 0.1) is 0 Å². The predicted molar refractivity (Wildman–Crippen MR) is 79.6 cm³/mol. The molecule has 0 aromatic heterocycles. The number of ether oxygens (including phenoxy) is 3. The van der Waals surface area contributed by atoms with Crippen LogP contribution in [0.4, 0.5) is 0 Å². The van der Waals surface area contributed by atoms with Crippen molar-refractivity contribution in [1.82, 2.24) is 0 Å². The molecule has 110 valence electrons. The summed E-state index contributed by atoms with van der Waals surface area (Å²) in [7, 11) is 3.24. The molecule has 0 unspecified atom stereocenters. The Balaban J connectivity index is 1.91. The van der Waals surface area contributed by atoms with Crippen LogP contribution in [0.5, 0.6) is 23.0 Å². The second kappa shape index (κ2) is 5.56. The van der Waals surface area contributed by atoms with Gasteiger partial charge in [0.25, 0.3) is 0 Å². The fraction of sp³-hybridized carbons (Fsp3) is 0.294. The normalized spacial score (nSPS) is 16.8. The summed E-state index contributed by atoms with van der Waals surface area (Å²) in [6, 6.07) is 11.2. The van der Waals surface area contributed by atoms with Gasteiger partial charge < -0.3 is 19.3 Å². The lowest BCUT2D eigenvalue weighted by Gasteiger charge is -2.27. The minimum atomic E-state index is 0.274. The van der Waals surface area contributed by atoms with E-state index in [2.05, 4.69) is 0 Å². The van der Waals surface area contributed by atoms with Crippen LogP contribution in [0.15, 0.2) is 36.4 Å². The Kier molecular flexibility index (Phi) is 3.60. The third-order valence-electron chi connectivity index (χ3n) is 3.84. The molecule has 1 aliphatic heterocycles. The van der Waals surface area contributed by atoms with Crippen molar-refractivity contribution in [3.63, 3.8) is 0 Å². The summed E-state index contributed by atoms with van der Waals surface area (Å²) in [5.74, 6) is 2.66. The van der Waals surface area contributed by atoms with E-state index in [0.29, 0.717) is 18.1 Å². The van der Waals surface area contributed by atoms with Crippen LogP contribution in [0.1, 0.15) is 17.0 Å². The Bertz CT molecular complexity index is 634. The first kappa shape index (κ1) is 13.6. The van der Waals surface area contributed by atoms with Gasteiger partial charge in [-0.05, 0) is 35.7 Å². The van der Waals surface area contributed by atoms with Crippen LogP contribution in [0.2, 0.25) is 0 Å². The number of hydrogen-bond acceptors (Lipinski definition) is 4. The number of hydrogen-bond donors (Lipinski definition) is 1. The molecule has 1 atom stereocenters. The molecule has 4 heteroatoms. The number of benzene rings is 2. The zero-order valence-corrected chi connectivity index (χ0v) is 12.1. The van der Waals surface area contributed by atoms with E-state index in [4.69, 9.17) is 14.2 Å². The monoisotopic (exact) mass is 286 g/mol. The summed E-state index contributed by atoms with van der Waals surface area (Å²) < 4.78 is 16.6. The molecule has 0 saturated heterocycles. The fourth-order valence-corrected chi connectivity index (χ4v) is 2.73. The Hall–Kier alpha value is -2.36. The Morgan fingerprint density at radius 2 is 1.81 bits per heavy atom. The smallest absolute Gasteiger partial charge is 0.203 e. The van der Waals surface area contributed by atoms with Crippen LogP contribution in [0.25, 0.3) is 0 Å². The first-order valence-electron chi connectivity index (χ1n) is 6.88. The third-order valence-corrected chi connectivity index (χ3v) is 3.84. The maximum atomic E-state index is 9.38. The first-order chi connectivity index (χ1) is 10.2. The molecule has 3 rings (SSSR count). The average molecular weight is 286 g/mol. The van der Waals surface area contributed by atoms with E-state index in [1.54, 1.807) is 26.4 Å². The van der Waals surface area contributed by atoms with Crippen molar-refractivity contribution in [2.45, 2.75) is 12.3 Å². The van der Waals surface area contributed by atoms with E-state index < -0.39 is 0 Å². The number of aromatic hydroxyl groups is 1. The average Bonchev–Trinajstić information content (AvgIpc) is 2.53. The van der Waals surface area contributed by atoms with Gasteiger partial charge in [-0.15, -0.1) is 0 Å². The van der Waals surface area contributed by atoms with Crippen molar-refractivity contribution in [1.29, 1.82) is 0 Å². The highest BCUT2D eigenvalue weighted by atomic mass is 16.5. The zero-order valence-electron chi connectivity index (χ0n) is 12.1. The quantitative estimate of drug-likeness (QED) is 0.941. The highest BCUT2D eigenvalue weighted by Gasteiger charge is 2.26. The lowest BCUT2D eigenvalue weighted by atomic mass is 9.90. The first-order valence-corrected chi connectivity index (χ1v) is 6.88. The van der Waals surface area contributed by atoms with Crippen molar-refractivity contribution in [2.24, 2.45) is 0 Å². The Morgan fingerprint density at radius 1 is 1.05 bits per heavy atom. The van der Waals surface area contributed by atoms with Crippen LogP contribution >= 0.6 is 0 Å². The van der Waals surface area contributed by atoms with Crippen LogP contribution in [-0.4, -0.2) is 25.9 Å². The van der Waals surface area contributed by atoms with Crippen LogP contribution in [-0.2, 0) is 6.42 Å². The molecule has 2 aromatic carbocycles. The molecule has 0 aliphatic carbocycles. The third kappa shape index (κ3) is 2.49. The maximum Gasteiger partial charge on any atom is 0.203 e. The molecule has 1 heterocycles. The minimum absolute atomic E-state index is 0.274. The Morgan fingerprint density at radius 3 is 2.48 bits per heavy atom. The number of phenols is 1. The fourth-order valence-electron chi connectivity index (χ4n) is 2.73. The van der Waals surface area contributed by atoms with Crippen LogP contribution < -0.4 is 14.2 Å². The number of phenolic OH excluding ortho intramolecular Hbond substituents is 1. The summed E-state index contributed by atoms with van der Waals surface area (Å²) in [6.07, 6.45) is 0.875. The molecular formula is C17H18O4. The zero-order chi connectivity index (χ0) is 14.8. The van der Waals surface area contributed by atoms with Crippen LogP contribution in [0.3, 0.4) is 0 Å². The van der Waals surface area contributed by atoms with Gasteiger partial charge in [0.2, 0.25) is 5.75 Å². The topological polar surface area (TPSA) is 47.9 Å². The van der Waals surface area contributed by atoms with Gasteiger partial charge in [-0.3, -0.25) is 0 Å². The molecule has 0 amide bonds. The van der Waals surface area contributed by atoms with E-state index >= 15 is 0 Å². The van der Waals surface area contributed by atoms with E-state index in [0.717, 1.165) is 23.3 Å². The second-order valence-electron chi connectivity index (χ2n) is 5.09. The summed E-state index contributed by atoms with van der Waals surface area (Å²) >= 11 is 0. The molecule has 0 radical (unpaired) electrons. The second-order valence-corrected chi connectivity index (χ2v) is 5.09. The molecule has 4 nitrogen and oxygen atoms in total. The molecule has 1 N–H and O–H groups in total. The summed E-state index contributed by atoms with van der Waals surface area (Å²) in [5.41, 5.74) is 2.27. The van der Waals surface area contributed by atoms with Gasteiger partial charge in [0.1, 0.15) is 5.75 Å². The van der Waals surface area contributed by atoms with E-state index in [1.165, 1.54) is 0 Å².